The maximum atomic E-state index is 12.0. The van der Waals surface area contributed by atoms with Gasteiger partial charge >= 0.3 is 12.1 Å². The van der Waals surface area contributed by atoms with Crippen molar-refractivity contribution in [3.05, 3.63) is 5.89 Å². The molecule has 1 aromatic rings. The molecular weight excluding hydrogens is 284 g/mol. The highest BCUT2D eigenvalue weighted by Gasteiger charge is 2.44. The molecule has 1 saturated heterocycles. The van der Waals surface area contributed by atoms with Gasteiger partial charge in [-0.15, -0.1) is 5.10 Å². The van der Waals surface area contributed by atoms with E-state index in [1.165, 1.54) is 0 Å². The quantitative estimate of drug-likeness (QED) is 0.901. The molecule has 0 radical (unpaired) electrons. The zero-order valence-electron chi connectivity index (χ0n) is 13.6. The van der Waals surface area contributed by atoms with Crippen LogP contribution in [0, 0.1) is 18.8 Å². The predicted molar refractivity (Wildman–Crippen MR) is 80.6 cm³/mol. The average Bonchev–Trinajstić information content (AvgIpc) is 2.89. The summed E-state index contributed by atoms with van der Waals surface area (Å²) < 4.78 is 10.9. The van der Waals surface area contributed by atoms with Crippen LogP contribution in [0.25, 0.3) is 0 Å². The Morgan fingerprint density at radius 1 is 1.27 bits per heavy atom. The van der Waals surface area contributed by atoms with Crippen LogP contribution in [0.4, 0.5) is 10.8 Å². The van der Waals surface area contributed by atoms with Gasteiger partial charge in [-0.25, -0.2) is 4.79 Å². The third-order valence-corrected chi connectivity index (χ3v) is 4.30. The van der Waals surface area contributed by atoms with Gasteiger partial charge in [-0.3, -0.25) is 0 Å². The van der Waals surface area contributed by atoms with Crippen LogP contribution >= 0.6 is 0 Å². The van der Waals surface area contributed by atoms with E-state index in [1.54, 1.807) is 6.92 Å². The summed E-state index contributed by atoms with van der Waals surface area (Å²) in [6.45, 7) is 9.09. The first-order chi connectivity index (χ1) is 10.3. The van der Waals surface area contributed by atoms with Gasteiger partial charge in [-0.2, -0.15) is 0 Å². The number of anilines is 1. The zero-order chi connectivity index (χ0) is 15.9. The molecule has 22 heavy (non-hydrogen) atoms. The topological polar surface area (TPSA) is 80.5 Å². The van der Waals surface area contributed by atoms with Crippen molar-refractivity contribution in [2.75, 3.05) is 18.0 Å². The number of aryl methyl sites for hydroxylation is 1. The molecule has 2 unspecified atom stereocenters. The first-order valence-corrected chi connectivity index (χ1v) is 7.86. The standard InChI is InChI=1S/C15H24N4O3/c1-9-17-18-13(21-9)19-7-10-5-6-11(8-19)12(10)16-14(20)22-15(2,3)4/h10-12H,5-8H2,1-4H3,(H,16,20). The zero-order valence-corrected chi connectivity index (χ0v) is 13.6. The fourth-order valence-electron chi connectivity index (χ4n) is 3.47. The van der Waals surface area contributed by atoms with E-state index in [2.05, 4.69) is 20.4 Å². The lowest BCUT2D eigenvalue weighted by atomic mass is 9.92. The van der Waals surface area contributed by atoms with E-state index in [-0.39, 0.29) is 12.1 Å². The van der Waals surface area contributed by atoms with Crippen molar-refractivity contribution in [1.82, 2.24) is 15.5 Å². The first kappa shape index (κ1) is 15.1. The third kappa shape index (κ3) is 3.18. The number of carbonyl (C=O) groups is 1. The largest absolute Gasteiger partial charge is 0.444 e. The van der Waals surface area contributed by atoms with E-state index in [0.717, 1.165) is 25.9 Å². The van der Waals surface area contributed by atoms with Crippen molar-refractivity contribution in [3.8, 4) is 0 Å². The monoisotopic (exact) mass is 308 g/mol. The molecule has 0 spiro atoms. The van der Waals surface area contributed by atoms with Gasteiger partial charge in [0.15, 0.2) is 0 Å². The molecular formula is C15H24N4O3. The summed E-state index contributed by atoms with van der Waals surface area (Å²) in [5, 5.41) is 11.0. The van der Waals surface area contributed by atoms with Crippen molar-refractivity contribution in [1.29, 1.82) is 0 Å². The summed E-state index contributed by atoms with van der Waals surface area (Å²) in [6, 6.07) is 0.764. The van der Waals surface area contributed by atoms with Crippen LogP contribution in [0.2, 0.25) is 0 Å². The molecule has 2 bridgehead atoms. The molecule has 1 saturated carbocycles. The van der Waals surface area contributed by atoms with Crippen LogP contribution in [-0.2, 0) is 4.74 Å². The van der Waals surface area contributed by atoms with Gasteiger partial charge in [0, 0.05) is 26.1 Å². The highest BCUT2D eigenvalue weighted by atomic mass is 16.6. The SMILES string of the molecule is Cc1nnc(N2CC3CCC(C2)C3NC(=O)OC(C)(C)C)o1. The van der Waals surface area contributed by atoms with Gasteiger partial charge in [-0.05, 0) is 45.4 Å². The summed E-state index contributed by atoms with van der Waals surface area (Å²) in [4.78, 5) is 14.1. The number of ether oxygens (including phenoxy) is 1. The molecule has 2 aliphatic rings. The van der Waals surface area contributed by atoms with E-state index < -0.39 is 5.60 Å². The number of fused-ring (bicyclic) bond motifs is 2. The maximum Gasteiger partial charge on any atom is 0.407 e. The van der Waals surface area contributed by atoms with Gasteiger partial charge in [0.1, 0.15) is 5.60 Å². The Balaban J connectivity index is 1.62. The predicted octanol–water partition coefficient (Wildman–Crippen LogP) is 2.12. The number of nitrogens with zero attached hydrogens (tertiary/aromatic N) is 3. The van der Waals surface area contributed by atoms with Crippen molar-refractivity contribution < 1.29 is 13.9 Å². The van der Waals surface area contributed by atoms with Gasteiger partial charge < -0.3 is 19.4 Å². The lowest BCUT2D eigenvalue weighted by molar-refractivity contribution is 0.0472. The molecule has 1 aliphatic heterocycles. The molecule has 1 aromatic heterocycles. The smallest absolute Gasteiger partial charge is 0.407 e. The lowest BCUT2D eigenvalue weighted by Crippen LogP contribution is -2.53. The van der Waals surface area contributed by atoms with E-state index in [4.69, 9.17) is 9.15 Å². The van der Waals surface area contributed by atoms with Gasteiger partial charge in [0.2, 0.25) is 5.89 Å². The van der Waals surface area contributed by atoms with Crippen LogP contribution in [0.1, 0.15) is 39.5 Å². The van der Waals surface area contributed by atoms with E-state index in [0.29, 0.717) is 23.7 Å². The number of rotatable bonds is 2. The molecule has 2 atom stereocenters. The van der Waals surface area contributed by atoms with Crippen LogP contribution in [0.3, 0.4) is 0 Å². The fourth-order valence-corrected chi connectivity index (χ4v) is 3.47. The second kappa shape index (κ2) is 5.44. The molecule has 2 heterocycles. The van der Waals surface area contributed by atoms with E-state index >= 15 is 0 Å². The van der Waals surface area contributed by atoms with Gasteiger partial charge in [0.05, 0.1) is 0 Å². The normalized spacial score (nSPS) is 27.8. The second-order valence-corrected chi connectivity index (χ2v) is 7.28. The average molecular weight is 308 g/mol. The number of aromatic nitrogens is 2. The minimum absolute atomic E-state index is 0.176. The maximum absolute atomic E-state index is 12.0. The van der Waals surface area contributed by atoms with E-state index in [1.807, 2.05) is 20.8 Å². The Bertz CT molecular complexity index is 537. The fraction of sp³-hybridized carbons (Fsp3) is 0.800. The molecule has 2 fully saturated rings. The Hall–Kier alpha value is -1.79. The minimum atomic E-state index is -0.467. The van der Waals surface area contributed by atoms with E-state index in [9.17, 15) is 4.79 Å². The van der Waals surface area contributed by atoms with Crippen molar-refractivity contribution in [2.24, 2.45) is 11.8 Å². The number of hydrogen-bond donors (Lipinski definition) is 1. The van der Waals surface area contributed by atoms with Crippen LogP contribution in [0.5, 0.6) is 0 Å². The highest BCUT2D eigenvalue weighted by Crippen LogP contribution is 2.38. The molecule has 0 aromatic carbocycles. The van der Waals surface area contributed by atoms with Gasteiger partial charge in [0.25, 0.3) is 0 Å². The molecule has 7 nitrogen and oxygen atoms in total. The van der Waals surface area contributed by atoms with Crippen molar-refractivity contribution in [2.45, 2.75) is 52.2 Å². The van der Waals surface area contributed by atoms with Crippen LogP contribution in [0.15, 0.2) is 4.42 Å². The first-order valence-electron chi connectivity index (χ1n) is 7.86. The minimum Gasteiger partial charge on any atom is -0.444 e. The molecule has 1 amide bonds. The van der Waals surface area contributed by atoms with Crippen LogP contribution < -0.4 is 10.2 Å². The molecule has 1 aliphatic carbocycles. The number of alkyl carbamates (subject to hydrolysis) is 1. The third-order valence-electron chi connectivity index (χ3n) is 4.30. The van der Waals surface area contributed by atoms with Crippen molar-refractivity contribution >= 4 is 12.1 Å². The summed E-state index contributed by atoms with van der Waals surface area (Å²) >= 11 is 0. The molecule has 7 heteroatoms. The summed E-state index contributed by atoms with van der Waals surface area (Å²) in [6.07, 6.45) is 1.89. The summed E-state index contributed by atoms with van der Waals surface area (Å²) in [5.74, 6) is 1.38. The number of carbonyl (C=O) groups excluding carboxylic acids is 1. The summed E-state index contributed by atoms with van der Waals surface area (Å²) in [5.41, 5.74) is -0.467. The number of amides is 1. The Morgan fingerprint density at radius 3 is 2.41 bits per heavy atom. The number of hydrogen-bond acceptors (Lipinski definition) is 6. The Kier molecular flexibility index (Phi) is 3.74. The molecule has 3 rings (SSSR count). The second-order valence-electron chi connectivity index (χ2n) is 7.28. The Morgan fingerprint density at radius 2 is 1.91 bits per heavy atom. The highest BCUT2D eigenvalue weighted by molar-refractivity contribution is 5.68. The van der Waals surface area contributed by atoms with Crippen LogP contribution in [-0.4, -0.2) is 41.0 Å². The molecule has 122 valence electrons. The lowest BCUT2D eigenvalue weighted by Gasteiger charge is -2.37. The number of piperidine rings is 1. The summed E-state index contributed by atoms with van der Waals surface area (Å²) in [7, 11) is 0. The van der Waals surface area contributed by atoms with Gasteiger partial charge in [-0.1, -0.05) is 5.10 Å². The Labute approximate surface area is 130 Å². The number of nitrogens with one attached hydrogen (secondary N) is 1. The molecule has 1 N–H and O–H groups in total. The van der Waals surface area contributed by atoms with Crippen molar-refractivity contribution in [3.63, 3.8) is 0 Å².